The molecule has 1 fully saturated rings. The fourth-order valence-electron chi connectivity index (χ4n) is 2.93. The van der Waals surface area contributed by atoms with E-state index in [9.17, 15) is 4.79 Å². The van der Waals surface area contributed by atoms with Gasteiger partial charge in [-0.2, -0.15) is 0 Å². The average molecular weight is 286 g/mol. The lowest BCUT2D eigenvalue weighted by molar-refractivity contribution is 0.325. The van der Waals surface area contributed by atoms with Crippen LogP contribution in [0.4, 0.5) is 11.6 Å². The van der Waals surface area contributed by atoms with Crippen molar-refractivity contribution in [1.82, 2.24) is 9.97 Å². The van der Waals surface area contributed by atoms with Crippen LogP contribution in [0.5, 0.6) is 0 Å². The first kappa shape index (κ1) is 13.9. The van der Waals surface area contributed by atoms with Crippen LogP contribution in [0.3, 0.4) is 0 Å². The average Bonchev–Trinajstić information content (AvgIpc) is 2.60. The summed E-state index contributed by atoms with van der Waals surface area (Å²) in [5, 5.41) is 0.550. The summed E-state index contributed by atoms with van der Waals surface area (Å²) in [4.78, 5) is 21.9. The molecule has 1 aromatic heterocycles. The second-order valence-corrected chi connectivity index (χ2v) is 6.67. The number of aromatic amines is 1. The smallest absolute Gasteiger partial charge is 0.260 e. The minimum Gasteiger partial charge on any atom is -0.399 e. The first-order chi connectivity index (χ1) is 9.94. The lowest BCUT2D eigenvalue weighted by atomic mass is 9.85. The van der Waals surface area contributed by atoms with E-state index in [0.717, 1.165) is 25.9 Å². The van der Waals surface area contributed by atoms with Crippen LogP contribution in [0, 0.1) is 5.41 Å². The predicted octanol–water partition coefficient (Wildman–Crippen LogP) is 2.52. The third-order valence-electron chi connectivity index (χ3n) is 4.36. The van der Waals surface area contributed by atoms with Crippen molar-refractivity contribution < 1.29 is 0 Å². The Kier molecular flexibility index (Phi) is 3.35. The number of hydrogen-bond donors (Lipinski definition) is 2. The molecule has 1 saturated heterocycles. The number of benzene rings is 1. The number of rotatable bonds is 1. The highest BCUT2D eigenvalue weighted by atomic mass is 16.1. The van der Waals surface area contributed by atoms with Crippen molar-refractivity contribution in [3.8, 4) is 0 Å². The van der Waals surface area contributed by atoms with Crippen LogP contribution in [-0.2, 0) is 0 Å². The normalized spacial score (nSPS) is 18.7. The molecule has 0 unspecified atom stereocenters. The quantitative estimate of drug-likeness (QED) is 0.790. The molecule has 1 aliphatic heterocycles. The Hall–Kier alpha value is -2.04. The zero-order valence-electron chi connectivity index (χ0n) is 12.6. The Labute approximate surface area is 124 Å². The third-order valence-corrected chi connectivity index (χ3v) is 4.36. The molecule has 0 saturated carbocycles. The van der Waals surface area contributed by atoms with E-state index in [1.807, 2.05) is 6.07 Å². The lowest BCUT2D eigenvalue weighted by Crippen LogP contribution is -2.29. The van der Waals surface area contributed by atoms with E-state index in [2.05, 4.69) is 28.7 Å². The van der Waals surface area contributed by atoms with Gasteiger partial charge in [-0.15, -0.1) is 0 Å². The molecule has 5 nitrogen and oxygen atoms in total. The summed E-state index contributed by atoms with van der Waals surface area (Å²) in [6.45, 7) is 6.47. The zero-order chi connectivity index (χ0) is 15.0. The van der Waals surface area contributed by atoms with E-state index >= 15 is 0 Å². The maximum absolute atomic E-state index is 12.2. The highest BCUT2D eigenvalue weighted by Gasteiger charge is 2.24. The number of nitrogens with two attached hydrogens (primary N) is 1. The summed E-state index contributed by atoms with van der Waals surface area (Å²) >= 11 is 0. The number of anilines is 2. The zero-order valence-corrected chi connectivity index (χ0v) is 12.6. The van der Waals surface area contributed by atoms with Crippen LogP contribution in [0.15, 0.2) is 23.0 Å². The van der Waals surface area contributed by atoms with Gasteiger partial charge in [-0.1, -0.05) is 13.8 Å². The van der Waals surface area contributed by atoms with Gasteiger partial charge >= 0.3 is 0 Å². The van der Waals surface area contributed by atoms with Crippen molar-refractivity contribution in [2.75, 3.05) is 23.7 Å². The minimum atomic E-state index is -0.120. The molecule has 112 valence electrons. The van der Waals surface area contributed by atoms with Crippen LogP contribution >= 0.6 is 0 Å². The van der Waals surface area contributed by atoms with Gasteiger partial charge in [-0.3, -0.25) is 9.78 Å². The van der Waals surface area contributed by atoms with Crippen molar-refractivity contribution in [1.29, 1.82) is 0 Å². The topological polar surface area (TPSA) is 75.0 Å². The van der Waals surface area contributed by atoms with E-state index < -0.39 is 0 Å². The summed E-state index contributed by atoms with van der Waals surface area (Å²) < 4.78 is 0. The van der Waals surface area contributed by atoms with E-state index in [1.165, 1.54) is 6.42 Å². The first-order valence-corrected chi connectivity index (χ1v) is 7.49. The van der Waals surface area contributed by atoms with Crippen LogP contribution in [0.1, 0.15) is 33.1 Å². The number of H-pyrrole nitrogens is 1. The highest BCUT2D eigenvalue weighted by Crippen LogP contribution is 2.30. The molecule has 0 bridgehead atoms. The summed E-state index contributed by atoms with van der Waals surface area (Å²) in [6.07, 6.45) is 3.44. The van der Waals surface area contributed by atoms with E-state index in [4.69, 9.17) is 5.73 Å². The van der Waals surface area contributed by atoms with Gasteiger partial charge in [0.1, 0.15) is 0 Å². The number of nitrogens with one attached hydrogen (secondary N) is 1. The second-order valence-electron chi connectivity index (χ2n) is 6.67. The molecule has 1 aliphatic rings. The van der Waals surface area contributed by atoms with Crippen molar-refractivity contribution in [3.63, 3.8) is 0 Å². The van der Waals surface area contributed by atoms with Crippen LogP contribution in [0.25, 0.3) is 10.9 Å². The summed E-state index contributed by atoms with van der Waals surface area (Å²) in [7, 11) is 0. The fraction of sp³-hybridized carbons (Fsp3) is 0.500. The molecule has 2 heterocycles. The third kappa shape index (κ3) is 2.86. The van der Waals surface area contributed by atoms with Gasteiger partial charge in [-0.05, 0) is 42.9 Å². The Morgan fingerprint density at radius 1 is 1.29 bits per heavy atom. The van der Waals surface area contributed by atoms with Crippen LogP contribution in [-0.4, -0.2) is 23.1 Å². The molecular weight excluding hydrogens is 264 g/mol. The van der Waals surface area contributed by atoms with Gasteiger partial charge in [-0.25, -0.2) is 4.98 Å². The first-order valence-electron chi connectivity index (χ1n) is 7.49. The number of fused-ring (bicyclic) bond motifs is 1. The predicted molar refractivity (Wildman–Crippen MR) is 86.6 cm³/mol. The Bertz CT molecular complexity index is 720. The largest absolute Gasteiger partial charge is 0.399 e. The number of nitrogens with zero attached hydrogens (tertiary/aromatic N) is 2. The summed E-state index contributed by atoms with van der Waals surface area (Å²) in [5.74, 6) is 0.676. The molecule has 0 aliphatic carbocycles. The monoisotopic (exact) mass is 286 g/mol. The highest BCUT2D eigenvalue weighted by molar-refractivity contribution is 5.81. The summed E-state index contributed by atoms with van der Waals surface area (Å²) in [6, 6.07) is 5.27. The molecule has 3 rings (SSSR count). The number of aromatic nitrogens is 2. The van der Waals surface area contributed by atoms with Gasteiger partial charge in [0.25, 0.3) is 5.56 Å². The van der Waals surface area contributed by atoms with Crippen molar-refractivity contribution in [3.05, 3.63) is 28.6 Å². The fourth-order valence-corrected chi connectivity index (χ4v) is 2.93. The number of hydrogen-bond acceptors (Lipinski definition) is 4. The van der Waals surface area contributed by atoms with Gasteiger partial charge in [0.05, 0.1) is 10.9 Å². The Morgan fingerprint density at radius 2 is 2.10 bits per heavy atom. The Balaban J connectivity index is 1.97. The second kappa shape index (κ2) is 5.06. The van der Waals surface area contributed by atoms with Gasteiger partial charge in [0, 0.05) is 18.8 Å². The van der Waals surface area contributed by atoms with Gasteiger partial charge in [0.15, 0.2) is 0 Å². The molecule has 1 aromatic carbocycles. The van der Waals surface area contributed by atoms with Crippen molar-refractivity contribution in [2.24, 2.45) is 5.41 Å². The number of nitrogen functional groups attached to an aromatic ring is 1. The van der Waals surface area contributed by atoms with Gasteiger partial charge in [0.2, 0.25) is 5.95 Å². The van der Waals surface area contributed by atoms with Gasteiger partial charge < -0.3 is 10.6 Å². The molecule has 2 aromatic rings. The molecule has 3 N–H and O–H groups in total. The standard InChI is InChI=1S/C16H22N4O/c1-16(2)6-3-8-20(9-7-16)15-18-13-5-4-11(17)10-12(13)14(21)19-15/h4-5,10H,3,6-9,17H2,1-2H3,(H,18,19,21). The SMILES string of the molecule is CC1(C)CCCN(c2nc3ccc(N)cc3c(=O)[nH]2)CC1. The van der Waals surface area contributed by atoms with E-state index in [-0.39, 0.29) is 5.56 Å². The molecule has 0 amide bonds. The molecule has 5 heteroatoms. The maximum Gasteiger partial charge on any atom is 0.260 e. The minimum absolute atomic E-state index is 0.120. The van der Waals surface area contributed by atoms with E-state index in [1.54, 1.807) is 12.1 Å². The van der Waals surface area contributed by atoms with Crippen LogP contribution in [0.2, 0.25) is 0 Å². The molecule has 0 radical (unpaired) electrons. The molecule has 21 heavy (non-hydrogen) atoms. The van der Waals surface area contributed by atoms with Crippen molar-refractivity contribution in [2.45, 2.75) is 33.1 Å². The maximum atomic E-state index is 12.2. The Morgan fingerprint density at radius 3 is 2.90 bits per heavy atom. The van der Waals surface area contributed by atoms with Crippen molar-refractivity contribution >= 4 is 22.5 Å². The molecule has 0 atom stereocenters. The van der Waals surface area contributed by atoms with Crippen LogP contribution < -0.4 is 16.2 Å². The lowest BCUT2D eigenvalue weighted by Gasteiger charge is -2.23. The molecular formula is C16H22N4O. The summed E-state index contributed by atoms with van der Waals surface area (Å²) in [5.41, 5.74) is 7.26. The molecule has 0 spiro atoms. The van der Waals surface area contributed by atoms with E-state index in [0.29, 0.717) is 28.0 Å².